The molecule has 2 amide bonds. The fourth-order valence-electron chi connectivity index (χ4n) is 4.15. The molecule has 1 saturated heterocycles. The minimum Gasteiger partial charge on any atom is -0.497 e. The predicted octanol–water partition coefficient (Wildman–Crippen LogP) is 2.51. The molecule has 0 aromatic heterocycles. The summed E-state index contributed by atoms with van der Waals surface area (Å²) in [5.74, 6) is 1.91. The van der Waals surface area contributed by atoms with Gasteiger partial charge in [0, 0.05) is 44.1 Å². The van der Waals surface area contributed by atoms with Gasteiger partial charge in [0.25, 0.3) is 5.91 Å². The molecule has 4 rings (SSSR count). The number of para-hydroxylation sites is 1. The van der Waals surface area contributed by atoms with E-state index >= 15 is 0 Å². The number of ether oxygens (including phenoxy) is 3. The molecule has 1 fully saturated rings. The van der Waals surface area contributed by atoms with E-state index in [4.69, 9.17) is 14.2 Å². The topological polar surface area (TPSA) is 68.3 Å². The summed E-state index contributed by atoms with van der Waals surface area (Å²) in [6.45, 7) is 1.21. The normalized spacial score (nSPS) is 20.9. The predicted molar refractivity (Wildman–Crippen MR) is 111 cm³/mol. The first-order chi connectivity index (χ1) is 14.6. The van der Waals surface area contributed by atoms with Crippen molar-refractivity contribution in [3.8, 4) is 17.2 Å². The maximum absolute atomic E-state index is 13.2. The lowest BCUT2D eigenvalue weighted by molar-refractivity contribution is -0.143. The van der Waals surface area contributed by atoms with Crippen molar-refractivity contribution in [3.05, 3.63) is 54.1 Å². The van der Waals surface area contributed by atoms with Crippen LogP contribution in [0.2, 0.25) is 0 Å². The molecule has 30 heavy (non-hydrogen) atoms. The first kappa shape index (κ1) is 20.1. The summed E-state index contributed by atoms with van der Waals surface area (Å²) >= 11 is 0. The lowest BCUT2D eigenvalue weighted by atomic mass is 9.87. The molecule has 2 aliphatic rings. The van der Waals surface area contributed by atoms with E-state index in [1.165, 1.54) is 0 Å². The fourth-order valence-corrected chi connectivity index (χ4v) is 4.15. The molecule has 0 radical (unpaired) electrons. The highest BCUT2D eigenvalue weighted by Gasteiger charge is 2.40. The number of nitrogens with zero attached hydrogens (tertiary/aromatic N) is 2. The maximum Gasteiger partial charge on any atom is 0.261 e. The quantitative estimate of drug-likeness (QED) is 0.775. The summed E-state index contributed by atoms with van der Waals surface area (Å²) < 4.78 is 17.0. The van der Waals surface area contributed by atoms with Gasteiger partial charge in [-0.2, -0.15) is 0 Å². The van der Waals surface area contributed by atoms with Gasteiger partial charge in [-0.15, -0.1) is 0 Å². The molecule has 0 spiro atoms. The summed E-state index contributed by atoms with van der Waals surface area (Å²) in [4.78, 5) is 29.2. The molecule has 158 valence electrons. The summed E-state index contributed by atoms with van der Waals surface area (Å²) in [5.41, 5.74) is 0.933. The van der Waals surface area contributed by atoms with Crippen molar-refractivity contribution >= 4 is 11.8 Å². The van der Waals surface area contributed by atoms with Gasteiger partial charge in [-0.1, -0.05) is 18.2 Å². The second kappa shape index (κ2) is 8.65. The highest BCUT2D eigenvalue weighted by molar-refractivity contribution is 5.81. The number of carbonyl (C=O) groups is 2. The average Bonchev–Trinajstić information content (AvgIpc) is 2.77. The van der Waals surface area contributed by atoms with Crippen molar-refractivity contribution in [1.82, 2.24) is 9.80 Å². The molecule has 0 aliphatic carbocycles. The molecular formula is C23H26N2O5. The van der Waals surface area contributed by atoms with Gasteiger partial charge < -0.3 is 24.0 Å². The Labute approximate surface area is 176 Å². The van der Waals surface area contributed by atoms with Crippen LogP contribution in [0.5, 0.6) is 17.2 Å². The third-order valence-electron chi connectivity index (χ3n) is 5.70. The van der Waals surface area contributed by atoms with Crippen molar-refractivity contribution < 1.29 is 23.8 Å². The van der Waals surface area contributed by atoms with Crippen LogP contribution < -0.4 is 14.2 Å². The Balaban J connectivity index is 1.63. The fraction of sp³-hybridized carbons (Fsp3) is 0.391. The molecular weight excluding hydrogens is 384 g/mol. The third kappa shape index (κ3) is 4.06. The lowest BCUT2D eigenvalue weighted by Gasteiger charge is -2.44. The number of carbonyl (C=O) groups excluding carboxylic acids is 2. The molecule has 0 unspecified atom stereocenters. The summed E-state index contributed by atoms with van der Waals surface area (Å²) in [6.07, 6.45) is 0.281. The van der Waals surface area contributed by atoms with Crippen LogP contribution >= 0.6 is 0 Å². The number of benzene rings is 2. The van der Waals surface area contributed by atoms with E-state index < -0.39 is 0 Å². The van der Waals surface area contributed by atoms with Crippen molar-refractivity contribution in [2.75, 3.05) is 40.5 Å². The summed E-state index contributed by atoms with van der Waals surface area (Å²) in [6, 6.07) is 14.7. The summed E-state index contributed by atoms with van der Waals surface area (Å²) in [5, 5.41) is 0. The third-order valence-corrected chi connectivity index (χ3v) is 5.70. The number of fused-ring (bicyclic) bond motifs is 3. The summed E-state index contributed by atoms with van der Waals surface area (Å²) in [7, 11) is 3.42. The Morgan fingerprint density at radius 2 is 1.97 bits per heavy atom. The van der Waals surface area contributed by atoms with Crippen LogP contribution in [0.25, 0.3) is 0 Å². The largest absolute Gasteiger partial charge is 0.497 e. The second-order valence-corrected chi connectivity index (χ2v) is 7.63. The van der Waals surface area contributed by atoms with Gasteiger partial charge in [0.2, 0.25) is 5.91 Å². The van der Waals surface area contributed by atoms with Gasteiger partial charge in [0.1, 0.15) is 17.2 Å². The second-order valence-electron chi connectivity index (χ2n) is 7.63. The molecule has 7 heteroatoms. The van der Waals surface area contributed by atoms with Gasteiger partial charge in [0.05, 0.1) is 19.8 Å². The maximum atomic E-state index is 13.2. The van der Waals surface area contributed by atoms with E-state index in [2.05, 4.69) is 0 Å². The van der Waals surface area contributed by atoms with E-state index in [9.17, 15) is 9.59 Å². The first-order valence-corrected chi connectivity index (χ1v) is 10.1. The smallest absolute Gasteiger partial charge is 0.261 e. The number of methoxy groups -OCH3 is 1. The van der Waals surface area contributed by atoms with Crippen LogP contribution in [0.3, 0.4) is 0 Å². The highest BCUT2D eigenvalue weighted by Crippen LogP contribution is 2.42. The first-order valence-electron chi connectivity index (χ1n) is 10.1. The lowest BCUT2D eigenvalue weighted by Crippen LogP contribution is -2.51. The Bertz CT molecular complexity index is 917. The van der Waals surface area contributed by atoms with Gasteiger partial charge in [0.15, 0.2) is 6.61 Å². The van der Waals surface area contributed by atoms with Crippen molar-refractivity contribution in [1.29, 1.82) is 0 Å². The van der Waals surface area contributed by atoms with E-state index in [1.54, 1.807) is 24.0 Å². The molecule has 2 aromatic carbocycles. The number of hydrogen-bond donors (Lipinski definition) is 0. The van der Waals surface area contributed by atoms with Gasteiger partial charge >= 0.3 is 0 Å². The van der Waals surface area contributed by atoms with E-state index in [0.717, 1.165) is 5.56 Å². The zero-order valence-electron chi connectivity index (χ0n) is 17.2. The Kier molecular flexibility index (Phi) is 5.79. The zero-order chi connectivity index (χ0) is 21.1. The molecule has 2 aliphatic heterocycles. The van der Waals surface area contributed by atoms with Crippen molar-refractivity contribution in [2.24, 2.45) is 5.92 Å². The minimum absolute atomic E-state index is 0.0238. The van der Waals surface area contributed by atoms with Crippen LogP contribution in [-0.4, -0.2) is 62.1 Å². The molecule has 2 aromatic rings. The molecule has 0 saturated carbocycles. The molecule has 0 N–H and O–H groups in total. The van der Waals surface area contributed by atoms with E-state index in [0.29, 0.717) is 36.9 Å². The van der Waals surface area contributed by atoms with Crippen molar-refractivity contribution in [2.45, 2.75) is 12.5 Å². The van der Waals surface area contributed by atoms with Crippen LogP contribution in [0, 0.1) is 5.92 Å². The Morgan fingerprint density at radius 3 is 2.73 bits per heavy atom. The SMILES string of the molecule is COc1ccc2c(c1)OC[C@@H]1CN(C)C(=O)CCN(C(=O)COc3ccccc3)[C@H]21. The van der Waals surface area contributed by atoms with Gasteiger partial charge in [-0.05, 0) is 24.3 Å². The van der Waals surface area contributed by atoms with Crippen LogP contribution in [0.15, 0.2) is 48.5 Å². The molecule has 2 atom stereocenters. The number of amides is 2. The van der Waals surface area contributed by atoms with Crippen LogP contribution in [0.4, 0.5) is 0 Å². The highest BCUT2D eigenvalue weighted by atomic mass is 16.5. The standard InChI is InChI=1S/C23H26N2O5/c1-24-13-16-14-30-20-12-18(28-2)8-9-19(20)23(16)25(11-10-21(24)26)22(27)15-29-17-6-4-3-5-7-17/h3-9,12,16,23H,10-11,13-15H2,1-2H3/t16-,23-/m0/s1. The molecule has 7 nitrogen and oxygen atoms in total. The Morgan fingerprint density at radius 1 is 1.17 bits per heavy atom. The Hall–Kier alpha value is -3.22. The zero-order valence-corrected chi connectivity index (χ0v) is 17.2. The number of rotatable bonds is 4. The number of hydrogen-bond acceptors (Lipinski definition) is 5. The van der Waals surface area contributed by atoms with Gasteiger partial charge in [-0.25, -0.2) is 0 Å². The average molecular weight is 410 g/mol. The van der Waals surface area contributed by atoms with E-state index in [1.807, 2.05) is 48.5 Å². The van der Waals surface area contributed by atoms with Crippen LogP contribution in [-0.2, 0) is 9.59 Å². The van der Waals surface area contributed by atoms with E-state index in [-0.39, 0.29) is 36.8 Å². The monoisotopic (exact) mass is 410 g/mol. The van der Waals surface area contributed by atoms with Crippen molar-refractivity contribution in [3.63, 3.8) is 0 Å². The molecule has 2 heterocycles. The molecule has 0 bridgehead atoms. The van der Waals surface area contributed by atoms with Gasteiger partial charge in [-0.3, -0.25) is 9.59 Å². The minimum atomic E-state index is -0.193. The van der Waals surface area contributed by atoms with Crippen LogP contribution in [0.1, 0.15) is 18.0 Å².